The third kappa shape index (κ3) is 7.22. The van der Waals surface area contributed by atoms with Crippen LogP contribution in [0.4, 0.5) is 0 Å². The Morgan fingerprint density at radius 1 is 1.19 bits per heavy atom. The monoisotopic (exact) mass is 244 g/mol. The van der Waals surface area contributed by atoms with Crippen LogP contribution in [0.3, 0.4) is 0 Å². The molecule has 0 saturated carbocycles. The Labute approximate surface area is 97.9 Å². The van der Waals surface area contributed by atoms with E-state index in [4.69, 9.17) is 8.85 Å². The Morgan fingerprint density at radius 2 is 1.69 bits per heavy atom. The Hall–Kier alpha value is -1.10. The molecule has 0 rings (SSSR count). The van der Waals surface area contributed by atoms with Gasteiger partial charge in [0.25, 0.3) is 11.9 Å². The lowest BCUT2D eigenvalue weighted by Gasteiger charge is -2.21. The average Bonchev–Trinajstić information content (AvgIpc) is 2.09. The second-order valence-electron chi connectivity index (χ2n) is 3.75. The van der Waals surface area contributed by atoms with Crippen molar-refractivity contribution in [1.29, 1.82) is 0 Å². The number of unbranched alkanes of at least 4 members (excludes halogenated alkanes) is 2. The highest BCUT2D eigenvalue weighted by molar-refractivity contribution is 6.74. The molecule has 0 spiro atoms. The van der Waals surface area contributed by atoms with Crippen molar-refractivity contribution >= 4 is 20.5 Å². The van der Waals surface area contributed by atoms with Crippen LogP contribution in [-0.4, -0.2) is 20.5 Å². The Balaban J connectivity index is 4.45. The highest BCUT2D eigenvalue weighted by Gasteiger charge is 2.34. The molecule has 0 aliphatic rings. The molecule has 0 amide bonds. The van der Waals surface area contributed by atoms with Gasteiger partial charge in [-0.25, -0.2) is 0 Å². The van der Waals surface area contributed by atoms with Crippen LogP contribution in [0.1, 0.15) is 40.0 Å². The molecule has 92 valence electrons. The van der Waals surface area contributed by atoms with E-state index in [1.54, 1.807) is 12.2 Å². The summed E-state index contributed by atoms with van der Waals surface area (Å²) in [5.41, 5.74) is 1.74. The number of carbonyl (C=O) groups is 2. The topological polar surface area (TPSA) is 52.6 Å². The molecule has 0 atom stereocenters. The lowest BCUT2D eigenvalue weighted by molar-refractivity contribution is -0.138. The molecule has 0 N–H and O–H groups in total. The second-order valence-corrected chi connectivity index (χ2v) is 6.52. The summed E-state index contributed by atoms with van der Waals surface area (Å²) >= 11 is 0. The lowest BCUT2D eigenvalue weighted by Crippen LogP contribution is -2.40. The highest BCUT2D eigenvalue weighted by Crippen LogP contribution is 2.11. The van der Waals surface area contributed by atoms with Gasteiger partial charge in [0, 0.05) is 20.4 Å². The summed E-state index contributed by atoms with van der Waals surface area (Å²) < 4.78 is 10.2. The van der Waals surface area contributed by atoms with E-state index >= 15 is 0 Å². The summed E-state index contributed by atoms with van der Waals surface area (Å²) in [5.74, 6) is -0.842. The molecule has 0 heterocycles. The maximum Gasteiger partial charge on any atom is 0.488 e. The summed E-state index contributed by atoms with van der Waals surface area (Å²) in [4.78, 5) is 21.8. The third-order valence-corrected chi connectivity index (χ3v) is 4.06. The summed E-state index contributed by atoms with van der Waals surface area (Å²) in [6.45, 7) is 6.41. The molecule has 0 aromatic carbocycles. The van der Waals surface area contributed by atoms with Gasteiger partial charge in [-0.1, -0.05) is 25.8 Å². The molecule has 5 heteroatoms. The van der Waals surface area contributed by atoms with Crippen LogP contribution in [-0.2, 0) is 18.4 Å². The van der Waals surface area contributed by atoms with Crippen molar-refractivity contribution < 1.29 is 18.4 Å². The van der Waals surface area contributed by atoms with Gasteiger partial charge in [0.2, 0.25) is 0 Å². The fraction of sp³-hybridized carbons (Fsp3) is 0.636. The molecule has 0 aromatic rings. The smallest absolute Gasteiger partial charge is 0.482 e. The first-order valence-corrected chi connectivity index (χ1v) is 7.86. The van der Waals surface area contributed by atoms with E-state index in [0.717, 1.165) is 19.3 Å². The zero-order valence-corrected chi connectivity index (χ0v) is 11.4. The molecule has 4 nitrogen and oxygen atoms in total. The fourth-order valence-corrected chi connectivity index (χ4v) is 3.19. The van der Waals surface area contributed by atoms with Crippen molar-refractivity contribution in [3.05, 3.63) is 11.8 Å². The van der Waals surface area contributed by atoms with Gasteiger partial charge in [-0.2, -0.15) is 0 Å². The first-order valence-electron chi connectivity index (χ1n) is 5.46. The van der Waals surface area contributed by atoms with Gasteiger partial charge >= 0.3 is 8.56 Å². The molecular formula is C11H20O4Si. The maximum atomic E-state index is 10.9. The summed E-state index contributed by atoms with van der Waals surface area (Å²) in [5, 5.41) is 0. The van der Waals surface area contributed by atoms with Crippen molar-refractivity contribution in [2.75, 3.05) is 0 Å². The minimum Gasteiger partial charge on any atom is -0.482 e. The summed E-state index contributed by atoms with van der Waals surface area (Å²) in [6.07, 6.45) is 4.99. The van der Waals surface area contributed by atoms with E-state index in [2.05, 4.69) is 6.92 Å². The molecule has 0 aliphatic carbocycles. The van der Waals surface area contributed by atoms with Gasteiger partial charge in [0.15, 0.2) is 0 Å². The van der Waals surface area contributed by atoms with Crippen LogP contribution in [0.2, 0.25) is 6.55 Å². The van der Waals surface area contributed by atoms with Crippen molar-refractivity contribution in [2.24, 2.45) is 0 Å². The van der Waals surface area contributed by atoms with Crippen molar-refractivity contribution in [3.8, 4) is 0 Å². The molecular weight excluding hydrogens is 224 g/mol. The van der Waals surface area contributed by atoms with E-state index in [1.807, 2.05) is 6.08 Å². The zero-order valence-electron chi connectivity index (χ0n) is 10.4. The van der Waals surface area contributed by atoms with E-state index in [0.29, 0.717) is 0 Å². The first-order chi connectivity index (χ1) is 7.39. The van der Waals surface area contributed by atoms with Crippen LogP contribution in [0.25, 0.3) is 0 Å². The van der Waals surface area contributed by atoms with Gasteiger partial charge in [-0.3, -0.25) is 9.59 Å². The van der Waals surface area contributed by atoms with Gasteiger partial charge in [-0.15, -0.1) is 0 Å². The van der Waals surface area contributed by atoms with Crippen LogP contribution in [0.5, 0.6) is 0 Å². The molecule has 0 unspecified atom stereocenters. The fourth-order valence-electron chi connectivity index (χ4n) is 1.28. The van der Waals surface area contributed by atoms with Crippen molar-refractivity contribution in [1.82, 2.24) is 0 Å². The lowest BCUT2D eigenvalue weighted by atomic mass is 10.2. The number of allylic oxidation sites excluding steroid dienone is 1. The van der Waals surface area contributed by atoms with Crippen molar-refractivity contribution in [3.63, 3.8) is 0 Å². The molecule has 0 radical (unpaired) electrons. The largest absolute Gasteiger partial charge is 0.488 e. The molecule has 0 aromatic heterocycles. The van der Waals surface area contributed by atoms with Crippen LogP contribution in [0, 0.1) is 0 Å². The molecule has 0 bridgehead atoms. The standard InChI is InChI=1S/C11H20O4Si/c1-5-6-7-8-9-16(4,14-10(2)12)15-11(3)13/h8-9H,5-7H2,1-4H3. The van der Waals surface area contributed by atoms with E-state index in [-0.39, 0.29) is 0 Å². The van der Waals surface area contributed by atoms with Gasteiger partial charge < -0.3 is 8.85 Å². The van der Waals surface area contributed by atoms with Gasteiger partial charge in [0.05, 0.1) is 0 Å². The predicted molar refractivity (Wildman–Crippen MR) is 63.8 cm³/mol. The quantitative estimate of drug-likeness (QED) is 0.532. The average molecular weight is 244 g/mol. The minimum atomic E-state index is -2.81. The number of rotatable bonds is 6. The summed E-state index contributed by atoms with van der Waals surface area (Å²) in [7, 11) is -2.81. The Morgan fingerprint density at radius 3 is 2.06 bits per heavy atom. The third-order valence-electron chi connectivity index (χ3n) is 1.84. The summed E-state index contributed by atoms with van der Waals surface area (Å²) in [6, 6.07) is 0. The van der Waals surface area contributed by atoms with Gasteiger partial charge in [0.1, 0.15) is 0 Å². The zero-order chi connectivity index (χ0) is 12.6. The number of carbonyl (C=O) groups excluding carboxylic acids is 2. The first kappa shape index (κ1) is 14.9. The van der Waals surface area contributed by atoms with Crippen LogP contribution < -0.4 is 0 Å². The normalized spacial score (nSPS) is 11.5. The molecule has 0 saturated heterocycles. The van der Waals surface area contributed by atoms with E-state index in [9.17, 15) is 9.59 Å². The SMILES string of the molecule is CCCCC=C[Si](C)(OC(C)=O)OC(C)=O. The van der Waals surface area contributed by atoms with E-state index in [1.165, 1.54) is 13.8 Å². The molecule has 16 heavy (non-hydrogen) atoms. The number of hydrogen-bond donors (Lipinski definition) is 0. The molecule has 0 fully saturated rings. The Bertz CT molecular complexity index is 257. The van der Waals surface area contributed by atoms with E-state index < -0.39 is 20.5 Å². The van der Waals surface area contributed by atoms with Crippen LogP contribution in [0.15, 0.2) is 11.8 Å². The second kappa shape index (κ2) is 7.22. The minimum absolute atomic E-state index is 0.421. The van der Waals surface area contributed by atoms with Crippen LogP contribution >= 0.6 is 0 Å². The predicted octanol–water partition coefficient (Wildman–Crippen LogP) is 2.47. The van der Waals surface area contributed by atoms with Crippen molar-refractivity contribution in [2.45, 2.75) is 46.6 Å². The Kier molecular flexibility index (Phi) is 6.72. The highest BCUT2D eigenvalue weighted by atomic mass is 28.4. The maximum absolute atomic E-state index is 10.9. The molecule has 0 aliphatic heterocycles. The van der Waals surface area contributed by atoms with Gasteiger partial charge in [-0.05, 0) is 12.1 Å². The number of hydrogen-bond acceptors (Lipinski definition) is 4.